The SMILES string of the molecule is CNC(c1ccc(F)cc1F)C1(C#N)COC1. The Balaban J connectivity index is 2.39. The number of halogens is 2. The number of hydrogen-bond donors (Lipinski definition) is 1. The third kappa shape index (κ3) is 1.90. The van der Waals surface area contributed by atoms with Crippen molar-refractivity contribution in [2.75, 3.05) is 20.3 Å². The van der Waals surface area contributed by atoms with Crippen LogP contribution >= 0.6 is 0 Å². The second-order valence-corrected chi connectivity index (χ2v) is 4.15. The van der Waals surface area contributed by atoms with Gasteiger partial charge in [-0.2, -0.15) is 5.26 Å². The Morgan fingerprint density at radius 1 is 1.47 bits per heavy atom. The summed E-state index contributed by atoms with van der Waals surface area (Å²) in [7, 11) is 1.64. The molecule has 0 saturated carbocycles. The molecule has 0 radical (unpaired) electrons. The molecule has 1 aromatic rings. The van der Waals surface area contributed by atoms with E-state index in [9.17, 15) is 14.0 Å². The summed E-state index contributed by atoms with van der Waals surface area (Å²) in [6, 6.07) is 5.04. The Bertz CT molecular complexity index is 466. The molecule has 1 saturated heterocycles. The fourth-order valence-corrected chi connectivity index (χ4v) is 2.08. The van der Waals surface area contributed by atoms with Crippen molar-refractivity contribution in [2.45, 2.75) is 6.04 Å². The highest BCUT2D eigenvalue weighted by molar-refractivity contribution is 5.28. The van der Waals surface area contributed by atoms with E-state index >= 15 is 0 Å². The van der Waals surface area contributed by atoms with Crippen molar-refractivity contribution in [2.24, 2.45) is 5.41 Å². The lowest BCUT2D eigenvalue weighted by molar-refractivity contribution is -0.0968. The first-order valence-electron chi connectivity index (χ1n) is 5.24. The maximum absolute atomic E-state index is 13.7. The van der Waals surface area contributed by atoms with Gasteiger partial charge < -0.3 is 10.1 Å². The van der Waals surface area contributed by atoms with E-state index in [1.54, 1.807) is 7.05 Å². The topological polar surface area (TPSA) is 45.0 Å². The zero-order chi connectivity index (χ0) is 12.5. The van der Waals surface area contributed by atoms with Crippen molar-refractivity contribution < 1.29 is 13.5 Å². The van der Waals surface area contributed by atoms with Crippen molar-refractivity contribution in [3.8, 4) is 6.07 Å². The van der Waals surface area contributed by atoms with Crippen LogP contribution in [0.25, 0.3) is 0 Å². The third-order valence-corrected chi connectivity index (χ3v) is 3.06. The van der Waals surface area contributed by atoms with Gasteiger partial charge in [0.1, 0.15) is 17.0 Å². The molecular formula is C12H12F2N2O. The van der Waals surface area contributed by atoms with Crippen LogP contribution in [0.2, 0.25) is 0 Å². The largest absolute Gasteiger partial charge is 0.378 e. The van der Waals surface area contributed by atoms with Gasteiger partial charge in [0.15, 0.2) is 0 Å². The number of rotatable bonds is 3. The smallest absolute Gasteiger partial charge is 0.130 e. The highest BCUT2D eigenvalue weighted by atomic mass is 19.1. The summed E-state index contributed by atoms with van der Waals surface area (Å²) in [6.45, 7) is 0.512. The van der Waals surface area contributed by atoms with Crippen LogP contribution in [0, 0.1) is 28.4 Å². The number of nitriles is 1. The van der Waals surface area contributed by atoms with Crippen molar-refractivity contribution in [1.29, 1.82) is 5.26 Å². The number of nitrogens with one attached hydrogen (secondary N) is 1. The van der Waals surface area contributed by atoms with E-state index in [1.165, 1.54) is 12.1 Å². The molecule has 1 aromatic carbocycles. The highest BCUT2D eigenvalue weighted by Crippen LogP contribution is 2.40. The fourth-order valence-electron chi connectivity index (χ4n) is 2.08. The van der Waals surface area contributed by atoms with Gasteiger partial charge >= 0.3 is 0 Å². The Morgan fingerprint density at radius 2 is 2.18 bits per heavy atom. The number of benzene rings is 1. The third-order valence-electron chi connectivity index (χ3n) is 3.06. The van der Waals surface area contributed by atoms with Gasteiger partial charge in [-0.05, 0) is 13.1 Å². The molecule has 1 N–H and O–H groups in total. The quantitative estimate of drug-likeness (QED) is 0.872. The molecule has 1 aliphatic heterocycles. The molecule has 0 bridgehead atoms. The normalized spacial score (nSPS) is 19.2. The molecular weight excluding hydrogens is 226 g/mol. The minimum atomic E-state index is -0.770. The lowest BCUT2D eigenvalue weighted by atomic mass is 9.76. The molecule has 2 rings (SSSR count). The maximum Gasteiger partial charge on any atom is 0.130 e. The second kappa shape index (κ2) is 4.40. The van der Waals surface area contributed by atoms with E-state index in [1.807, 2.05) is 0 Å². The van der Waals surface area contributed by atoms with Crippen LogP contribution < -0.4 is 5.32 Å². The Kier molecular flexibility index (Phi) is 3.09. The Labute approximate surface area is 98.0 Å². The number of hydrogen-bond acceptors (Lipinski definition) is 3. The molecule has 0 aromatic heterocycles. The molecule has 3 nitrogen and oxygen atoms in total. The molecule has 0 aliphatic carbocycles. The van der Waals surface area contributed by atoms with Crippen LogP contribution in [0.15, 0.2) is 18.2 Å². The highest BCUT2D eigenvalue weighted by Gasteiger charge is 2.47. The van der Waals surface area contributed by atoms with E-state index in [0.717, 1.165) is 6.07 Å². The molecule has 0 amide bonds. The van der Waals surface area contributed by atoms with Crippen molar-refractivity contribution in [1.82, 2.24) is 5.32 Å². The van der Waals surface area contributed by atoms with E-state index in [2.05, 4.69) is 11.4 Å². The molecule has 0 spiro atoms. The van der Waals surface area contributed by atoms with Crippen molar-refractivity contribution in [3.05, 3.63) is 35.4 Å². The van der Waals surface area contributed by atoms with Gasteiger partial charge in [0.05, 0.1) is 25.3 Å². The van der Waals surface area contributed by atoms with Gasteiger partial charge in [-0.3, -0.25) is 0 Å². The van der Waals surface area contributed by atoms with Gasteiger partial charge in [-0.15, -0.1) is 0 Å². The van der Waals surface area contributed by atoms with Crippen LogP contribution in [0.1, 0.15) is 11.6 Å². The van der Waals surface area contributed by atoms with Crippen LogP contribution in [0.5, 0.6) is 0 Å². The van der Waals surface area contributed by atoms with Gasteiger partial charge in [0.25, 0.3) is 0 Å². The second-order valence-electron chi connectivity index (χ2n) is 4.15. The van der Waals surface area contributed by atoms with Crippen molar-refractivity contribution >= 4 is 0 Å². The summed E-state index contributed by atoms with van der Waals surface area (Å²) in [4.78, 5) is 0. The Hall–Kier alpha value is -1.51. The number of ether oxygens (including phenoxy) is 1. The van der Waals surface area contributed by atoms with Crippen LogP contribution in [-0.2, 0) is 4.74 Å². The van der Waals surface area contributed by atoms with Gasteiger partial charge in [-0.1, -0.05) is 6.07 Å². The summed E-state index contributed by atoms with van der Waals surface area (Å²) in [5, 5.41) is 12.1. The van der Waals surface area contributed by atoms with E-state index in [0.29, 0.717) is 5.56 Å². The van der Waals surface area contributed by atoms with Crippen molar-refractivity contribution in [3.63, 3.8) is 0 Å². The predicted molar refractivity (Wildman–Crippen MR) is 57.0 cm³/mol. The monoisotopic (exact) mass is 238 g/mol. The molecule has 1 atom stereocenters. The molecule has 90 valence electrons. The van der Waals surface area contributed by atoms with Gasteiger partial charge in [0.2, 0.25) is 0 Å². The standard InChI is InChI=1S/C12H12F2N2O/c1-16-11(12(5-15)6-17-7-12)9-3-2-8(13)4-10(9)14/h2-4,11,16H,6-7H2,1H3. The zero-order valence-corrected chi connectivity index (χ0v) is 9.34. The van der Waals surface area contributed by atoms with E-state index in [4.69, 9.17) is 4.74 Å². The van der Waals surface area contributed by atoms with Gasteiger partial charge in [-0.25, -0.2) is 8.78 Å². The minimum absolute atomic E-state index is 0.256. The van der Waals surface area contributed by atoms with E-state index in [-0.39, 0.29) is 13.2 Å². The number of nitrogens with zero attached hydrogens (tertiary/aromatic N) is 1. The lowest BCUT2D eigenvalue weighted by Gasteiger charge is -2.41. The van der Waals surface area contributed by atoms with Crippen LogP contribution in [-0.4, -0.2) is 20.3 Å². The lowest BCUT2D eigenvalue weighted by Crippen LogP contribution is -2.50. The van der Waals surface area contributed by atoms with Gasteiger partial charge in [0, 0.05) is 11.6 Å². The van der Waals surface area contributed by atoms with E-state index < -0.39 is 23.1 Å². The summed E-state index contributed by atoms with van der Waals surface area (Å²) >= 11 is 0. The summed E-state index contributed by atoms with van der Waals surface area (Å²) in [5.74, 6) is -1.28. The molecule has 1 aliphatic rings. The average Bonchev–Trinajstić information content (AvgIpc) is 2.24. The van der Waals surface area contributed by atoms with Crippen LogP contribution in [0.3, 0.4) is 0 Å². The predicted octanol–water partition coefficient (Wildman–Crippen LogP) is 1.77. The fraction of sp³-hybridized carbons (Fsp3) is 0.417. The molecule has 17 heavy (non-hydrogen) atoms. The molecule has 1 unspecified atom stereocenters. The summed E-state index contributed by atoms with van der Waals surface area (Å²) in [6.07, 6.45) is 0. The first-order valence-corrected chi connectivity index (χ1v) is 5.24. The minimum Gasteiger partial charge on any atom is -0.378 e. The summed E-state index contributed by atoms with van der Waals surface area (Å²) < 4.78 is 31.6. The molecule has 1 heterocycles. The van der Waals surface area contributed by atoms with Crippen LogP contribution in [0.4, 0.5) is 8.78 Å². The Morgan fingerprint density at radius 3 is 2.59 bits per heavy atom. The maximum atomic E-state index is 13.7. The zero-order valence-electron chi connectivity index (χ0n) is 9.34. The molecule has 1 fully saturated rings. The first-order chi connectivity index (χ1) is 8.13. The first kappa shape index (κ1) is 12.0. The average molecular weight is 238 g/mol. The summed E-state index contributed by atoms with van der Waals surface area (Å²) in [5.41, 5.74) is -0.480. The molecule has 5 heteroatoms.